The fourth-order valence-electron chi connectivity index (χ4n) is 8.42. The van der Waals surface area contributed by atoms with Gasteiger partial charge in [-0.05, 0) is 119 Å². The third-order valence-corrected chi connectivity index (χ3v) is 11.4. The molecule has 0 saturated heterocycles. The molecule has 0 N–H and O–H groups in total. The van der Waals surface area contributed by atoms with Gasteiger partial charge in [-0.1, -0.05) is 123 Å². The van der Waals surface area contributed by atoms with E-state index < -0.39 is 0 Å². The lowest BCUT2D eigenvalue weighted by Crippen LogP contribution is -2.15. The van der Waals surface area contributed by atoms with Gasteiger partial charge in [-0.15, -0.1) is 0 Å². The van der Waals surface area contributed by atoms with E-state index in [1.165, 1.54) is 72.5 Å². The quantitative estimate of drug-likeness (QED) is 0.158. The van der Waals surface area contributed by atoms with E-state index in [4.69, 9.17) is 0 Å². The summed E-state index contributed by atoms with van der Waals surface area (Å²) in [5.74, 6) is -0.255. The average Bonchev–Trinajstić information content (AvgIpc) is 3.55. The number of rotatable bonds is 6. The summed E-state index contributed by atoms with van der Waals surface area (Å²) >= 11 is 0. The van der Waals surface area contributed by atoms with Crippen LogP contribution in [0.5, 0.6) is 0 Å². The van der Waals surface area contributed by atoms with Gasteiger partial charge in [0, 0.05) is 33.3 Å². The number of para-hydroxylation sites is 2. The molecular weight excluding hydrogens is 648 g/mol. The summed E-state index contributed by atoms with van der Waals surface area (Å²) in [6, 6.07) is 50.5. The Kier molecular flexibility index (Phi) is 7.71. The molecule has 1 aromatic heterocycles. The lowest BCUT2D eigenvalue weighted by Gasteiger charge is -2.27. The summed E-state index contributed by atoms with van der Waals surface area (Å²) in [7, 11) is 0. The van der Waals surface area contributed by atoms with E-state index in [-0.39, 0.29) is 11.2 Å². The van der Waals surface area contributed by atoms with Gasteiger partial charge in [0.15, 0.2) is 0 Å². The van der Waals surface area contributed by atoms with Gasteiger partial charge in [-0.25, -0.2) is 4.39 Å². The van der Waals surface area contributed by atoms with Gasteiger partial charge in [0.25, 0.3) is 0 Å². The monoisotopic (exact) mass is 688 g/mol. The van der Waals surface area contributed by atoms with E-state index in [1.807, 2.05) is 35.2 Å². The summed E-state index contributed by atoms with van der Waals surface area (Å²) in [5.41, 5.74) is 16.0. The van der Waals surface area contributed by atoms with Crippen molar-refractivity contribution in [3.8, 4) is 16.8 Å². The predicted molar refractivity (Wildman–Crippen MR) is 223 cm³/mol. The van der Waals surface area contributed by atoms with Crippen molar-refractivity contribution in [2.75, 3.05) is 4.90 Å². The number of hydrogen-bond acceptors (Lipinski definition) is 1. The fraction of sp³-hybridized carbons (Fsp3) is 0.120. The molecule has 0 amide bonds. The molecule has 1 heterocycles. The standard InChI is InChI=1S/C50H41FN2/c1-32-13-6-10-18-46(32)53(48-19-11-9-17-45(48)51)38-26-23-35(24-27-38)21-22-36-25-28-40-42-30-41-33(2)34(3)52(47-20-12-15-37-14-7-8-16-39(37)47)49(41)31-44(42)50(4,5)43(40)29-36/h6-31H,1-5H3/b22-21+. The number of aromatic nitrogens is 1. The maximum absolute atomic E-state index is 15.1. The van der Waals surface area contributed by atoms with Gasteiger partial charge < -0.3 is 9.47 Å². The van der Waals surface area contributed by atoms with Crippen LogP contribution in [0.25, 0.3) is 50.6 Å². The number of hydrogen-bond donors (Lipinski definition) is 0. The lowest BCUT2D eigenvalue weighted by molar-refractivity contribution is 0.629. The molecule has 0 saturated carbocycles. The molecule has 0 bridgehead atoms. The molecular formula is C50H41FN2. The molecule has 0 spiro atoms. The van der Waals surface area contributed by atoms with Crippen molar-refractivity contribution < 1.29 is 4.39 Å². The topological polar surface area (TPSA) is 8.17 Å². The zero-order valence-corrected chi connectivity index (χ0v) is 30.8. The summed E-state index contributed by atoms with van der Waals surface area (Å²) in [5, 5.41) is 3.82. The SMILES string of the molecule is Cc1ccccc1N(c1ccc(/C=C/c2ccc3c(c2)C(C)(C)c2cc4c(cc2-3)c(C)c(C)n4-c2cccc3ccccc23)cc1)c1ccccc1F. The van der Waals surface area contributed by atoms with Crippen LogP contribution in [0.2, 0.25) is 0 Å². The molecule has 0 aliphatic heterocycles. The Hall–Kier alpha value is -6.19. The van der Waals surface area contributed by atoms with Crippen LogP contribution in [0.15, 0.2) is 146 Å². The number of fused-ring (bicyclic) bond motifs is 5. The first kappa shape index (κ1) is 32.7. The highest BCUT2D eigenvalue weighted by molar-refractivity contribution is 5.99. The molecule has 1 aliphatic rings. The summed E-state index contributed by atoms with van der Waals surface area (Å²) in [6.45, 7) is 11.3. The van der Waals surface area contributed by atoms with E-state index in [9.17, 15) is 0 Å². The van der Waals surface area contributed by atoms with E-state index in [0.717, 1.165) is 22.5 Å². The van der Waals surface area contributed by atoms with Crippen molar-refractivity contribution >= 4 is 50.9 Å². The normalized spacial score (nSPS) is 13.2. The summed E-state index contributed by atoms with van der Waals surface area (Å²) < 4.78 is 17.6. The second-order valence-electron chi connectivity index (χ2n) is 14.9. The van der Waals surface area contributed by atoms with Gasteiger partial charge in [0.05, 0.1) is 16.9 Å². The molecule has 0 fully saturated rings. The van der Waals surface area contributed by atoms with E-state index in [1.54, 1.807) is 6.07 Å². The molecule has 3 heteroatoms. The Morgan fingerprint density at radius 1 is 0.585 bits per heavy atom. The highest BCUT2D eigenvalue weighted by Crippen LogP contribution is 2.51. The van der Waals surface area contributed by atoms with Crippen LogP contribution >= 0.6 is 0 Å². The molecule has 9 rings (SSSR count). The van der Waals surface area contributed by atoms with Crippen molar-refractivity contribution in [3.63, 3.8) is 0 Å². The first-order valence-electron chi connectivity index (χ1n) is 18.4. The molecule has 0 atom stereocenters. The third kappa shape index (κ3) is 5.30. The Labute approximate surface area is 311 Å². The largest absolute Gasteiger partial charge is 0.313 e. The van der Waals surface area contributed by atoms with Crippen LogP contribution in [0, 0.1) is 26.6 Å². The molecule has 0 radical (unpaired) electrons. The maximum Gasteiger partial charge on any atom is 0.147 e. The Morgan fingerprint density at radius 3 is 2.04 bits per heavy atom. The summed E-state index contributed by atoms with van der Waals surface area (Å²) in [4.78, 5) is 1.99. The minimum absolute atomic E-state index is 0.161. The fourth-order valence-corrected chi connectivity index (χ4v) is 8.42. The van der Waals surface area contributed by atoms with Crippen LogP contribution in [0.1, 0.15) is 52.9 Å². The van der Waals surface area contributed by atoms with Gasteiger partial charge in [0.2, 0.25) is 0 Å². The van der Waals surface area contributed by atoms with Crippen molar-refractivity contribution in [2.24, 2.45) is 0 Å². The predicted octanol–water partition coefficient (Wildman–Crippen LogP) is 13.8. The smallest absolute Gasteiger partial charge is 0.147 e. The first-order chi connectivity index (χ1) is 25.7. The molecule has 7 aromatic carbocycles. The lowest BCUT2D eigenvalue weighted by atomic mass is 9.81. The van der Waals surface area contributed by atoms with Crippen LogP contribution in [-0.4, -0.2) is 4.57 Å². The van der Waals surface area contributed by atoms with E-state index >= 15 is 4.39 Å². The molecule has 1 aliphatic carbocycles. The second kappa shape index (κ2) is 12.5. The minimum Gasteiger partial charge on any atom is -0.313 e. The van der Waals surface area contributed by atoms with Crippen molar-refractivity contribution in [3.05, 3.63) is 190 Å². The highest BCUT2D eigenvalue weighted by atomic mass is 19.1. The van der Waals surface area contributed by atoms with Crippen LogP contribution in [0.4, 0.5) is 21.5 Å². The Morgan fingerprint density at radius 2 is 1.25 bits per heavy atom. The van der Waals surface area contributed by atoms with Gasteiger partial charge in [-0.3, -0.25) is 0 Å². The second-order valence-corrected chi connectivity index (χ2v) is 14.9. The zero-order valence-electron chi connectivity index (χ0n) is 30.8. The zero-order chi connectivity index (χ0) is 36.4. The van der Waals surface area contributed by atoms with Gasteiger partial charge in [0.1, 0.15) is 5.82 Å². The summed E-state index contributed by atoms with van der Waals surface area (Å²) in [6.07, 6.45) is 4.36. The van der Waals surface area contributed by atoms with Crippen LogP contribution in [0.3, 0.4) is 0 Å². The minimum atomic E-state index is -0.255. The van der Waals surface area contributed by atoms with Crippen molar-refractivity contribution in [1.29, 1.82) is 0 Å². The van der Waals surface area contributed by atoms with Crippen LogP contribution < -0.4 is 4.90 Å². The Bertz CT molecular complexity index is 2690. The first-order valence-corrected chi connectivity index (χ1v) is 18.4. The number of anilines is 3. The number of benzene rings is 7. The number of halogens is 1. The number of aryl methyl sites for hydroxylation is 2. The van der Waals surface area contributed by atoms with E-state index in [0.29, 0.717) is 5.69 Å². The Balaban J connectivity index is 1.05. The maximum atomic E-state index is 15.1. The average molecular weight is 689 g/mol. The van der Waals surface area contributed by atoms with Crippen molar-refractivity contribution in [2.45, 2.75) is 40.0 Å². The molecule has 8 aromatic rings. The molecule has 258 valence electrons. The van der Waals surface area contributed by atoms with E-state index in [2.05, 4.69) is 154 Å². The van der Waals surface area contributed by atoms with Crippen molar-refractivity contribution in [1.82, 2.24) is 4.57 Å². The molecule has 53 heavy (non-hydrogen) atoms. The van der Waals surface area contributed by atoms with Gasteiger partial charge >= 0.3 is 0 Å². The highest BCUT2D eigenvalue weighted by Gasteiger charge is 2.36. The van der Waals surface area contributed by atoms with Gasteiger partial charge in [-0.2, -0.15) is 0 Å². The molecule has 2 nitrogen and oxygen atoms in total. The third-order valence-electron chi connectivity index (χ3n) is 11.4. The number of nitrogens with zero attached hydrogens (tertiary/aromatic N) is 2. The molecule has 0 unspecified atom stereocenters. The van der Waals surface area contributed by atoms with Crippen LogP contribution in [-0.2, 0) is 5.41 Å².